The quantitative estimate of drug-likeness (QED) is 0.224. The molecule has 0 spiro atoms. The summed E-state index contributed by atoms with van der Waals surface area (Å²) in [4.78, 5) is 31.6. The highest BCUT2D eigenvalue weighted by Gasteiger charge is 2.47. The van der Waals surface area contributed by atoms with E-state index in [0.29, 0.717) is 16.5 Å². The Labute approximate surface area is 202 Å². The van der Waals surface area contributed by atoms with E-state index in [0.717, 1.165) is 22.4 Å². The summed E-state index contributed by atoms with van der Waals surface area (Å²) in [5.74, 6) is -2.67. The average Bonchev–Trinajstić information content (AvgIpc) is 3.13. The summed E-state index contributed by atoms with van der Waals surface area (Å²) in [6, 6.07) is 19.3. The number of Topliss-reactive ketones (excluding diaryl/α,β-unsaturated/α-hetero) is 1. The van der Waals surface area contributed by atoms with E-state index in [9.17, 15) is 27.9 Å². The van der Waals surface area contributed by atoms with Crippen LogP contribution in [0.3, 0.4) is 0 Å². The van der Waals surface area contributed by atoms with Gasteiger partial charge in [-0.25, -0.2) is 0 Å². The van der Waals surface area contributed by atoms with Crippen LogP contribution in [0.25, 0.3) is 16.5 Å². The minimum absolute atomic E-state index is 0.141. The van der Waals surface area contributed by atoms with Gasteiger partial charge in [0.15, 0.2) is 0 Å². The summed E-state index contributed by atoms with van der Waals surface area (Å²) in [6.45, 7) is 0. The summed E-state index contributed by atoms with van der Waals surface area (Å²) < 4.78 is 41.7. The van der Waals surface area contributed by atoms with Gasteiger partial charge in [0.05, 0.1) is 11.6 Å². The van der Waals surface area contributed by atoms with Gasteiger partial charge in [0.1, 0.15) is 11.5 Å². The molecule has 1 unspecified atom stereocenters. The lowest BCUT2D eigenvalue weighted by Gasteiger charge is -2.25. The first kappa shape index (κ1) is 23.1. The molecule has 1 aliphatic rings. The van der Waals surface area contributed by atoms with E-state index >= 15 is 0 Å². The molecule has 9 heteroatoms. The van der Waals surface area contributed by atoms with Crippen LogP contribution in [-0.2, 0) is 9.59 Å². The zero-order valence-electron chi connectivity index (χ0n) is 18.4. The fraction of sp³-hybridized carbons (Fsp3) is 0.0741. The second-order valence-electron chi connectivity index (χ2n) is 8.02. The summed E-state index contributed by atoms with van der Waals surface area (Å²) in [6.07, 6.45) is -1.91. The van der Waals surface area contributed by atoms with Crippen molar-refractivity contribution in [2.24, 2.45) is 0 Å². The second kappa shape index (κ2) is 8.84. The molecule has 0 bridgehead atoms. The Kier molecular flexibility index (Phi) is 5.68. The molecule has 1 amide bonds. The predicted molar refractivity (Wildman–Crippen MR) is 126 cm³/mol. The fourth-order valence-corrected chi connectivity index (χ4v) is 4.35. The molecule has 1 atom stereocenters. The number of ether oxygens (including phenoxy) is 1. The molecule has 0 radical (unpaired) electrons. The minimum Gasteiger partial charge on any atom is -0.507 e. The van der Waals surface area contributed by atoms with Gasteiger partial charge in [-0.1, -0.05) is 42.5 Å². The molecular formula is C27H17F3N2O4. The molecule has 0 aliphatic carbocycles. The van der Waals surface area contributed by atoms with Crippen molar-refractivity contribution in [1.82, 2.24) is 4.98 Å². The molecule has 3 aromatic carbocycles. The van der Waals surface area contributed by atoms with Gasteiger partial charge in [-0.05, 0) is 52.7 Å². The number of fused-ring (bicyclic) bond motifs is 1. The smallest absolute Gasteiger partial charge is 0.507 e. The Morgan fingerprint density at radius 1 is 0.889 bits per heavy atom. The number of amides is 1. The molecular weight excluding hydrogens is 473 g/mol. The summed E-state index contributed by atoms with van der Waals surface area (Å²) >= 11 is 0. The average molecular weight is 490 g/mol. The molecule has 4 aromatic rings. The van der Waals surface area contributed by atoms with Crippen molar-refractivity contribution in [2.45, 2.75) is 12.4 Å². The van der Waals surface area contributed by atoms with Crippen molar-refractivity contribution in [3.05, 3.63) is 108 Å². The van der Waals surface area contributed by atoms with Gasteiger partial charge >= 0.3 is 6.36 Å². The van der Waals surface area contributed by atoms with E-state index in [4.69, 9.17) is 0 Å². The molecule has 36 heavy (non-hydrogen) atoms. The van der Waals surface area contributed by atoms with E-state index in [-0.39, 0.29) is 17.0 Å². The molecule has 2 heterocycles. The number of ketones is 1. The van der Waals surface area contributed by atoms with E-state index in [1.165, 1.54) is 24.5 Å². The first-order chi connectivity index (χ1) is 17.2. The molecule has 1 aliphatic heterocycles. The highest BCUT2D eigenvalue weighted by atomic mass is 19.4. The Bertz CT molecular complexity index is 1490. The number of aromatic nitrogens is 1. The monoisotopic (exact) mass is 490 g/mol. The number of hydrogen-bond donors (Lipinski definition) is 1. The number of hydrogen-bond acceptors (Lipinski definition) is 5. The van der Waals surface area contributed by atoms with Crippen molar-refractivity contribution in [2.75, 3.05) is 4.90 Å². The van der Waals surface area contributed by atoms with Gasteiger partial charge in [-0.2, -0.15) is 0 Å². The van der Waals surface area contributed by atoms with Crippen molar-refractivity contribution in [3.8, 4) is 5.75 Å². The van der Waals surface area contributed by atoms with Crippen LogP contribution in [0.15, 0.2) is 96.8 Å². The number of halogens is 3. The zero-order chi connectivity index (χ0) is 25.4. The van der Waals surface area contributed by atoms with Gasteiger partial charge in [-0.15, -0.1) is 13.2 Å². The number of nitrogens with zero attached hydrogens (tertiary/aromatic N) is 2. The van der Waals surface area contributed by atoms with Crippen molar-refractivity contribution < 1.29 is 32.6 Å². The third-order valence-corrected chi connectivity index (χ3v) is 5.86. The van der Waals surface area contributed by atoms with Crippen LogP contribution in [0.1, 0.15) is 17.2 Å². The van der Waals surface area contributed by atoms with Crippen LogP contribution in [0, 0.1) is 0 Å². The Hall–Kier alpha value is -4.66. The van der Waals surface area contributed by atoms with E-state index in [2.05, 4.69) is 9.72 Å². The zero-order valence-corrected chi connectivity index (χ0v) is 18.4. The first-order valence-electron chi connectivity index (χ1n) is 10.8. The number of benzene rings is 3. The molecule has 1 aromatic heterocycles. The Morgan fingerprint density at radius 2 is 1.56 bits per heavy atom. The fourth-order valence-electron chi connectivity index (χ4n) is 4.35. The maximum Gasteiger partial charge on any atom is 0.573 e. The van der Waals surface area contributed by atoms with Crippen LogP contribution in [-0.4, -0.2) is 28.1 Å². The van der Waals surface area contributed by atoms with Crippen LogP contribution < -0.4 is 9.64 Å². The lowest BCUT2D eigenvalue weighted by atomic mass is 9.93. The molecule has 5 rings (SSSR count). The highest BCUT2D eigenvalue weighted by molar-refractivity contribution is 6.51. The number of pyridine rings is 1. The molecule has 6 nitrogen and oxygen atoms in total. The maximum atomic E-state index is 13.3. The Balaban J connectivity index is 1.67. The maximum absolute atomic E-state index is 13.3. The Morgan fingerprint density at radius 3 is 2.25 bits per heavy atom. The number of anilines is 1. The molecule has 1 saturated heterocycles. The lowest BCUT2D eigenvalue weighted by Crippen LogP contribution is -2.29. The van der Waals surface area contributed by atoms with Crippen molar-refractivity contribution in [1.29, 1.82) is 0 Å². The summed E-state index contributed by atoms with van der Waals surface area (Å²) in [7, 11) is 0. The third-order valence-electron chi connectivity index (χ3n) is 5.86. The van der Waals surface area contributed by atoms with Gasteiger partial charge in [0.25, 0.3) is 11.7 Å². The van der Waals surface area contributed by atoms with Gasteiger partial charge in [0, 0.05) is 23.6 Å². The number of carbonyl (C=O) groups excluding carboxylic acids is 2. The summed E-state index contributed by atoms with van der Waals surface area (Å²) in [5.41, 5.74) is 0.879. The van der Waals surface area contributed by atoms with Gasteiger partial charge in [0.2, 0.25) is 0 Å². The molecule has 1 N–H and O–H groups in total. The molecule has 180 valence electrons. The number of aliphatic hydroxyl groups is 1. The predicted octanol–water partition coefficient (Wildman–Crippen LogP) is 5.76. The minimum atomic E-state index is -4.87. The number of alkyl halides is 3. The van der Waals surface area contributed by atoms with Crippen LogP contribution >= 0.6 is 0 Å². The third kappa shape index (κ3) is 4.15. The van der Waals surface area contributed by atoms with Gasteiger partial charge in [-0.3, -0.25) is 19.5 Å². The SMILES string of the molecule is O=C1C(=O)N(c2ccc(OC(F)(F)F)cc2)C(c2ccncc2)/C1=C(/O)c1cccc2ccccc12. The number of aliphatic hydroxyl groups excluding tert-OH is 1. The van der Waals surface area contributed by atoms with Crippen LogP contribution in [0.5, 0.6) is 5.75 Å². The lowest BCUT2D eigenvalue weighted by molar-refractivity contribution is -0.274. The normalized spacial score (nSPS) is 17.5. The largest absolute Gasteiger partial charge is 0.573 e. The number of carbonyl (C=O) groups is 2. The van der Waals surface area contributed by atoms with E-state index < -0.39 is 29.8 Å². The van der Waals surface area contributed by atoms with Crippen molar-refractivity contribution in [3.63, 3.8) is 0 Å². The number of rotatable bonds is 4. The van der Waals surface area contributed by atoms with E-state index in [1.807, 2.05) is 18.2 Å². The van der Waals surface area contributed by atoms with Gasteiger partial charge < -0.3 is 9.84 Å². The highest BCUT2D eigenvalue weighted by Crippen LogP contribution is 2.43. The van der Waals surface area contributed by atoms with Crippen LogP contribution in [0.4, 0.5) is 18.9 Å². The van der Waals surface area contributed by atoms with Crippen molar-refractivity contribution >= 4 is 33.9 Å². The van der Waals surface area contributed by atoms with E-state index in [1.54, 1.807) is 36.4 Å². The second-order valence-corrected chi connectivity index (χ2v) is 8.02. The topological polar surface area (TPSA) is 79.7 Å². The molecule has 1 fully saturated rings. The van der Waals surface area contributed by atoms with Crippen LogP contribution in [0.2, 0.25) is 0 Å². The summed E-state index contributed by atoms with van der Waals surface area (Å²) in [5, 5.41) is 12.9. The molecule has 0 saturated carbocycles. The standard InChI is InChI=1S/C27H17F3N2O4/c28-27(29,30)36-19-10-8-18(9-11-19)32-23(17-12-14-31-15-13-17)22(25(34)26(32)35)24(33)21-7-3-5-16-4-1-2-6-20(16)21/h1-15,23,33H/b24-22-. The first-order valence-corrected chi connectivity index (χ1v) is 10.8.